The highest BCUT2D eigenvalue weighted by Gasteiger charge is 2.37. The van der Waals surface area contributed by atoms with Gasteiger partial charge in [-0.3, -0.25) is 14.4 Å². The predicted molar refractivity (Wildman–Crippen MR) is 155 cm³/mol. The number of carbonyl (C=O) groups excluding carboxylic acids is 3. The molecule has 2 N–H and O–H groups in total. The Kier molecular flexibility index (Phi) is 8.88. The van der Waals surface area contributed by atoms with Gasteiger partial charge < -0.3 is 19.5 Å². The molecule has 2 atom stereocenters. The molecule has 0 spiro atoms. The number of oxazole rings is 1. The van der Waals surface area contributed by atoms with Crippen LogP contribution in [0, 0.1) is 0 Å². The number of likely N-dealkylation sites (tertiary alicyclic amines) is 2. The van der Waals surface area contributed by atoms with Crippen LogP contribution in [-0.4, -0.2) is 72.6 Å². The number of benzene rings is 1. The Balaban J connectivity index is 1.18. The number of sulfonamides is 1. The molecule has 0 radical (unpaired) electrons. The first kappa shape index (κ1) is 29.0. The van der Waals surface area contributed by atoms with Crippen molar-refractivity contribution < 1.29 is 27.2 Å². The van der Waals surface area contributed by atoms with Gasteiger partial charge >= 0.3 is 0 Å². The van der Waals surface area contributed by atoms with Crippen LogP contribution in [0.15, 0.2) is 58.8 Å². The Morgan fingerprint density at radius 2 is 2.00 bits per heavy atom. The van der Waals surface area contributed by atoms with E-state index in [-0.39, 0.29) is 18.4 Å². The van der Waals surface area contributed by atoms with Gasteiger partial charge in [-0.15, -0.1) is 11.3 Å². The van der Waals surface area contributed by atoms with Crippen LogP contribution in [0.25, 0.3) is 17.4 Å². The molecular weight excluding hydrogens is 590 g/mol. The zero-order valence-electron chi connectivity index (χ0n) is 21.9. The van der Waals surface area contributed by atoms with E-state index in [9.17, 15) is 22.8 Å². The van der Waals surface area contributed by atoms with Gasteiger partial charge in [0.25, 0.3) is 0 Å². The van der Waals surface area contributed by atoms with E-state index in [2.05, 4.69) is 15.0 Å². The number of amides is 3. The van der Waals surface area contributed by atoms with Crippen molar-refractivity contribution in [2.45, 2.75) is 37.8 Å². The summed E-state index contributed by atoms with van der Waals surface area (Å²) in [5.41, 5.74) is 1.31. The lowest BCUT2D eigenvalue weighted by Gasteiger charge is -2.33. The molecule has 2 saturated heterocycles. The van der Waals surface area contributed by atoms with Crippen molar-refractivity contribution >= 4 is 62.4 Å². The molecule has 14 heteroatoms. The van der Waals surface area contributed by atoms with Gasteiger partial charge in [-0.1, -0.05) is 23.7 Å². The molecule has 2 unspecified atom stereocenters. The molecule has 3 amide bonds. The fraction of sp³-hybridized carbons (Fsp3) is 0.333. The van der Waals surface area contributed by atoms with Crippen LogP contribution >= 0.6 is 22.9 Å². The van der Waals surface area contributed by atoms with Crippen LogP contribution in [0.1, 0.15) is 30.6 Å². The van der Waals surface area contributed by atoms with Gasteiger partial charge in [0, 0.05) is 34.6 Å². The second kappa shape index (κ2) is 12.6. The molecule has 11 nitrogen and oxygen atoms in total. The quantitative estimate of drug-likeness (QED) is 0.374. The maximum atomic E-state index is 13.3. The minimum absolute atomic E-state index is 0.231. The molecular formula is C27H28ClN5O6S2. The monoisotopic (exact) mass is 617 g/mol. The first-order valence-electron chi connectivity index (χ1n) is 13.0. The van der Waals surface area contributed by atoms with Gasteiger partial charge in [-0.25, -0.2) is 13.4 Å². The zero-order chi connectivity index (χ0) is 29.0. The van der Waals surface area contributed by atoms with Crippen molar-refractivity contribution in [2.75, 3.05) is 25.0 Å². The Morgan fingerprint density at radius 1 is 1.17 bits per heavy atom. The largest absolute Gasteiger partial charge is 0.444 e. The zero-order valence-corrected chi connectivity index (χ0v) is 24.3. The highest BCUT2D eigenvalue weighted by atomic mass is 35.5. The number of piperidine rings is 1. The number of rotatable bonds is 9. The molecule has 0 bridgehead atoms. The van der Waals surface area contributed by atoms with E-state index < -0.39 is 28.0 Å². The van der Waals surface area contributed by atoms with Gasteiger partial charge in [0.15, 0.2) is 12.2 Å². The third-order valence-corrected chi connectivity index (χ3v) is 9.20. The van der Waals surface area contributed by atoms with Crippen LogP contribution < -0.4 is 10.0 Å². The van der Waals surface area contributed by atoms with E-state index in [1.807, 2.05) is 6.07 Å². The van der Waals surface area contributed by atoms with Crippen molar-refractivity contribution in [3.05, 3.63) is 63.6 Å². The molecule has 2 aliphatic rings. The molecule has 4 heterocycles. The molecule has 5 rings (SSSR count). The number of hydrogen-bond donors (Lipinski definition) is 2. The number of nitrogens with one attached hydrogen (secondary N) is 2. The van der Waals surface area contributed by atoms with Crippen LogP contribution in [0.2, 0.25) is 4.34 Å². The van der Waals surface area contributed by atoms with Crippen molar-refractivity contribution in [1.82, 2.24) is 19.5 Å². The Labute approximate surface area is 246 Å². The number of anilines is 1. The lowest BCUT2D eigenvalue weighted by atomic mass is 10.1. The number of halogens is 1. The molecule has 0 aliphatic carbocycles. The van der Waals surface area contributed by atoms with E-state index in [0.717, 1.165) is 11.0 Å². The fourth-order valence-electron chi connectivity index (χ4n) is 4.94. The van der Waals surface area contributed by atoms with Gasteiger partial charge in [0.05, 0.1) is 17.1 Å². The van der Waals surface area contributed by atoms with E-state index in [1.165, 1.54) is 33.6 Å². The Hall–Kier alpha value is -3.52. The average molecular weight is 618 g/mol. The molecule has 2 fully saturated rings. The Morgan fingerprint density at radius 3 is 2.76 bits per heavy atom. The van der Waals surface area contributed by atoms with Gasteiger partial charge in [-0.05, 0) is 56.0 Å². The highest BCUT2D eigenvalue weighted by molar-refractivity contribution is 7.92. The maximum absolute atomic E-state index is 13.3. The molecule has 216 valence electrons. The first-order valence-corrected chi connectivity index (χ1v) is 15.8. The summed E-state index contributed by atoms with van der Waals surface area (Å²) < 4.78 is 33.5. The van der Waals surface area contributed by atoms with Gasteiger partial charge in [0.1, 0.15) is 12.1 Å². The van der Waals surface area contributed by atoms with Gasteiger partial charge in [-0.2, -0.15) is 4.72 Å². The standard InChI is InChI=1S/C27H28ClN5O6S2/c28-24-9-8-20(40-24)10-13-41(37,38)31-21-6-2-11-32(27(21)36)16-25(34)33-12-3-7-22(33)26(35)30-19-5-1-4-18(14-19)23-15-29-17-39-23/h1,4-5,8-10,13-15,17,21-22,31H,2-3,6-7,11-12,16H2,(H,30,35)/b13-10+. The van der Waals surface area contributed by atoms with Crippen molar-refractivity contribution in [2.24, 2.45) is 0 Å². The lowest BCUT2D eigenvalue weighted by Crippen LogP contribution is -2.55. The van der Waals surface area contributed by atoms with Crippen LogP contribution in [0.4, 0.5) is 5.69 Å². The average Bonchev–Trinajstić information content (AvgIpc) is 3.72. The van der Waals surface area contributed by atoms with E-state index in [4.69, 9.17) is 16.0 Å². The SMILES string of the molecule is O=C(Nc1cccc(-c2cnco2)c1)C1CCCN1C(=O)CN1CCCC(NS(=O)(=O)/C=C/c2ccc(Cl)s2)C1=O. The molecule has 2 aromatic heterocycles. The summed E-state index contributed by atoms with van der Waals surface area (Å²) in [6.45, 7) is 0.488. The summed E-state index contributed by atoms with van der Waals surface area (Å²) in [6.07, 6.45) is 6.32. The summed E-state index contributed by atoms with van der Waals surface area (Å²) >= 11 is 7.12. The summed E-state index contributed by atoms with van der Waals surface area (Å²) in [7, 11) is -3.91. The minimum atomic E-state index is -3.91. The predicted octanol–water partition coefficient (Wildman–Crippen LogP) is 3.57. The van der Waals surface area contributed by atoms with E-state index in [0.29, 0.717) is 59.4 Å². The Bertz CT molecular complexity index is 1560. The summed E-state index contributed by atoms with van der Waals surface area (Å²) in [4.78, 5) is 46.9. The maximum Gasteiger partial charge on any atom is 0.247 e. The highest BCUT2D eigenvalue weighted by Crippen LogP contribution is 2.25. The summed E-state index contributed by atoms with van der Waals surface area (Å²) in [5, 5.41) is 3.88. The summed E-state index contributed by atoms with van der Waals surface area (Å²) in [5.74, 6) is -0.580. The van der Waals surface area contributed by atoms with Gasteiger partial charge in [0.2, 0.25) is 27.7 Å². The third kappa shape index (κ3) is 7.22. The summed E-state index contributed by atoms with van der Waals surface area (Å²) in [6, 6.07) is 8.83. The number of nitrogens with zero attached hydrogens (tertiary/aromatic N) is 3. The van der Waals surface area contributed by atoms with E-state index in [1.54, 1.807) is 36.5 Å². The van der Waals surface area contributed by atoms with Crippen LogP contribution in [0.3, 0.4) is 0 Å². The number of hydrogen-bond acceptors (Lipinski definition) is 8. The lowest BCUT2D eigenvalue weighted by molar-refractivity contribution is -0.144. The minimum Gasteiger partial charge on any atom is -0.444 e. The van der Waals surface area contributed by atoms with Crippen molar-refractivity contribution in [3.63, 3.8) is 0 Å². The molecule has 0 saturated carbocycles. The second-order valence-electron chi connectivity index (χ2n) is 9.74. The first-order chi connectivity index (χ1) is 19.7. The molecule has 3 aromatic rings. The molecule has 1 aromatic carbocycles. The van der Waals surface area contributed by atoms with Crippen molar-refractivity contribution in [3.8, 4) is 11.3 Å². The fourth-order valence-corrected chi connectivity index (χ4v) is 7.01. The normalized spacial score (nSPS) is 19.7. The number of aromatic nitrogens is 1. The van der Waals surface area contributed by atoms with Crippen LogP contribution in [-0.2, 0) is 24.4 Å². The van der Waals surface area contributed by atoms with Crippen LogP contribution in [0.5, 0.6) is 0 Å². The van der Waals surface area contributed by atoms with E-state index >= 15 is 0 Å². The number of carbonyl (C=O) groups is 3. The van der Waals surface area contributed by atoms with Crippen molar-refractivity contribution in [1.29, 1.82) is 0 Å². The topological polar surface area (TPSA) is 142 Å². The second-order valence-corrected chi connectivity index (χ2v) is 13.1. The smallest absolute Gasteiger partial charge is 0.247 e. The third-order valence-electron chi connectivity index (χ3n) is 6.89. The number of thiophene rings is 1. The molecule has 2 aliphatic heterocycles. The molecule has 41 heavy (non-hydrogen) atoms.